The van der Waals surface area contributed by atoms with E-state index in [2.05, 4.69) is 5.32 Å². The third kappa shape index (κ3) is 2.70. The molecule has 0 aliphatic carbocycles. The van der Waals surface area contributed by atoms with Crippen LogP contribution in [-0.2, 0) is 16.6 Å². The number of aryl methyl sites for hydroxylation is 2. The van der Waals surface area contributed by atoms with Crippen LogP contribution in [-0.4, -0.2) is 22.4 Å². The van der Waals surface area contributed by atoms with E-state index in [-0.39, 0.29) is 5.57 Å². The molecular formula is C22H19N3O3. The van der Waals surface area contributed by atoms with Gasteiger partial charge in [-0.2, -0.15) is 0 Å². The number of hydrogen-bond donors (Lipinski definition) is 1. The molecule has 28 heavy (non-hydrogen) atoms. The van der Waals surface area contributed by atoms with Crippen molar-refractivity contribution in [1.82, 2.24) is 9.88 Å². The van der Waals surface area contributed by atoms with Crippen LogP contribution in [0.1, 0.15) is 16.8 Å². The molecule has 0 atom stereocenters. The molecule has 6 heteroatoms. The maximum absolute atomic E-state index is 13.1. The number of imide groups is 2. The Hall–Kier alpha value is -3.67. The number of urea groups is 1. The molecule has 2 heterocycles. The number of nitrogens with zero attached hydrogens (tertiary/aromatic N) is 2. The predicted octanol–water partition coefficient (Wildman–Crippen LogP) is 3.46. The van der Waals surface area contributed by atoms with Crippen molar-refractivity contribution in [3.8, 4) is 0 Å². The largest absolute Gasteiger partial charge is 0.347 e. The molecule has 1 aromatic heterocycles. The topological polar surface area (TPSA) is 71.4 Å². The highest BCUT2D eigenvalue weighted by Gasteiger charge is 2.37. The second kappa shape index (κ2) is 6.49. The van der Waals surface area contributed by atoms with E-state index in [1.54, 1.807) is 24.3 Å². The number of para-hydroxylation sites is 1. The molecule has 0 saturated carbocycles. The molecular weight excluding hydrogens is 354 g/mol. The van der Waals surface area contributed by atoms with Crippen LogP contribution in [0, 0.1) is 13.8 Å². The van der Waals surface area contributed by atoms with Crippen molar-refractivity contribution in [2.45, 2.75) is 13.8 Å². The number of nitrogens with one attached hydrogen (secondary N) is 1. The lowest BCUT2D eigenvalue weighted by molar-refractivity contribution is -0.122. The maximum atomic E-state index is 13.1. The van der Waals surface area contributed by atoms with Crippen molar-refractivity contribution in [2.24, 2.45) is 7.05 Å². The van der Waals surface area contributed by atoms with Gasteiger partial charge in [-0.1, -0.05) is 30.3 Å². The van der Waals surface area contributed by atoms with E-state index in [9.17, 15) is 14.4 Å². The van der Waals surface area contributed by atoms with Crippen LogP contribution in [0.25, 0.3) is 17.0 Å². The number of barbiturate groups is 1. The van der Waals surface area contributed by atoms with E-state index in [1.807, 2.05) is 55.8 Å². The third-order valence-corrected chi connectivity index (χ3v) is 5.10. The average Bonchev–Trinajstić information content (AvgIpc) is 2.90. The lowest BCUT2D eigenvalue weighted by atomic mass is 10.0. The standard InChI is InChI=1S/C22H19N3O3/c1-13-7-6-8-15(11-13)25-21(27)18(20(26)23-22(25)28)12-17-14(2)24(3)19-10-5-4-9-16(17)19/h4-12H,1-3H3,(H,23,26,28). The zero-order valence-corrected chi connectivity index (χ0v) is 15.8. The molecule has 0 unspecified atom stereocenters. The average molecular weight is 373 g/mol. The predicted molar refractivity (Wildman–Crippen MR) is 108 cm³/mol. The van der Waals surface area contributed by atoms with E-state index >= 15 is 0 Å². The van der Waals surface area contributed by atoms with Gasteiger partial charge in [0, 0.05) is 29.2 Å². The second-order valence-corrected chi connectivity index (χ2v) is 6.87. The molecule has 1 saturated heterocycles. The Labute approximate surface area is 162 Å². The number of benzene rings is 2. The second-order valence-electron chi connectivity index (χ2n) is 6.87. The maximum Gasteiger partial charge on any atom is 0.335 e. The van der Waals surface area contributed by atoms with E-state index < -0.39 is 17.8 Å². The first-order chi connectivity index (χ1) is 13.4. The first-order valence-electron chi connectivity index (χ1n) is 8.90. The van der Waals surface area contributed by atoms with Crippen molar-refractivity contribution in [2.75, 3.05) is 4.90 Å². The smallest absolute Gasteiger partial charge is 0.335 e. The van der Waals surface area contributed by atoms with Crippen LogP contribution in [0.2, 0.25) is 0 Å². The van der Waals surface area contributed by atoms with E-state index in [1.165, 1.54) is 0 Å². The summed E-state index contributed by atoms with van der Waals surface area (Å²) in [6, 6.07) is 14.1. The van der Waals surface area contributed by atoms with Crippen LogP contribution in [0.5, 0.6) is 0 Å². The molecule has 1 aliphatic heterocycles. The van der Waals surface area contributed by atoms with Crippen LogP contribution >= 0.6 is 0 Å². The number of carbonyl (C=O) groups excluding carboxylic acids is 3. The number of carbonyl (C=O) groups is 3. The summed E-state index contributed by atoms with van der Waals surface area (Å²) in [5.74, 6) is -1.32. The quantitative estimate of drug-likeness (QED) is 0.552. The zero-order chi connectivity index (χ0) is 20.0. The number of amides is 4. The van der Waals surface area contributed by atoms with Gasteiger partial charge in [0.25, 0.3) is 11.8 Å². The summed E-state index contributed by atoms with van der Waals surface area (Å²) >= 11 is 0. The van der Waals surface area contributed by atoms with Crippen molar-refractivity contribution in [3.63, 3.8) is 0 Å². The highest BCUT2D eigenvalue weighted by Crippen LogP contribution is 2.29. The summed E-state index contributed by atoms with van der Waals surface area (Å²) in [6.07, 6.45) is 1.57. The minimum absolute atomic E-state index is 0.0689. The Morgan fingerprint density at radius 2 is 1.71 bits per heavy atom. The minimum Gasteiger partial charge on any atom is -0.347 e. The normalized spacial score (nSPS) is 16.2. The lowest BCUT2D eigenvalue weighted by Crippen LogP contribution is -2.54. The fraction of sp³-hybridized carbons (Fsp3) is 0.136. The summed E-state index contributed by atoms with van der Waals surface area (Å²) in [5.41, 5.74) is 3.98. The molecule has 140 valence electrons. The Balaban J connectivity index is 1.86. The van der Waals surface area contributed by atoms with Gasteiger partial charge in [-0.25, -0.2) is 9.69 Å². The Bertz CT molecular complexity index is 1190. The molecule has 3 aromatic rings. The van der Waals surface area contributed by atoms with Crippen LogP contribution < -0.4 is 10.2 Å². The molecule has 1 N–H and O–H groups in total. The van der Waals surface area contributed by atoms with E-state index in [0.717, 1.165) is 32.6 Å². The fourth-order valence-corrected chi connectivity index (χ4v) is 3.54. The zero-order valence-electron chi connectivity index (χ0n) is 15.8. The van der Waals surface area contributed by atoms with Crippen LogP contribution in [0.4, 0.5) is 10.5 Å². The van der Waals surface area contributed by atoms with Gasteiger partial charge in [0.1, 0.15) is 5.57 Å². The monoisotopic (exact) mass is 373 g/mol. The first kappa shape index (κ1) is 17.7. The molecule has 1 aliphatic rings. The number of rotatable bonds is 2. The van der Waals surface area contributed by atoms with Crippen molar-refractivity contribution in [1.29, 1.82) is 0 Å². The van der Waals surface area contributed by atoms with E-state index in [0.29, 0.717) is 5.69 Å². The Morgan fingerprint density at radius 3 is 2.46 bits per heavy atom. The van der Waals surface area contributed by atoms with Crippen molar-refractivity contribution < 1.29 is 14.4 Å². The van der Waals surface area contributed by atoms with Crippen LogP contribution in [0.3, 0.4) is 0 Å². The highest BCUT2D eigenvalue weighted by atomic mass is 16.2. The molecule has 4 amide bonds. The first-order valence-corrected chi connectivity index (χ1v) is 8.90. The number of fused-ring (bicyclic) bond motifs is 1. The van der Waals surface area contributed by atoms with Gasteiger partial charge in [0.15, 0.2) is 0 Å². The Kier molecular flexibility index (Phi) is 4.11. The van der Waals surface area contributed by atoms with Gasteiger partial charge in [-0.05, 0) is 43.7 Å². The summed E-state index contributed by atoms with van der Waals surface area (Å²) < 4.78 is 2.01. The molecule has 0 bridgehead atoms. The van der Waals surface area contributed by atoms with Gasteiger partial charge in [0.2, 0.25) is 0 Å². The van der Waals surface area contributed by atoms with E-state index in [4.69, 9.17) is 0 Å². The van der Waals surface area contributed by atoms with Gasteiger partial charge in [-0.15, -0.1) is 0 Å². The summed E-state index contributed by atoms with van der Waals surface area (Å²) in [6.45, 7) is 3.80. The SMILES string of the molecule is Cc1cccc(N2C(=O)NC(=O)C(=Cc3c(C)n(C)c4ccccc34)C2=O)c1. The lowest BCUT2D eigenvalue weighted by Gasteiger charge is -2.26. The number of anilines is 1. The third-order valence-electron chi connectivity index (χ3n) is 5.10. The number of hydrogen-bond acceptors (Lipinski definition) is 3. The molecule has 2 aromatic carbocycles. The van der Waals surface area contributed by atoms with Crippen molar-refractivity contribution >= 4 is 40.5 Å². The van der Waals surface area contributed by atoms with Gasteiger partial charge < -0.3 is 4.57 Å². The Morgan fingerprint density at radius 1 is 0.964 bits per heavy atom. The highest BCUT2D eigenvalue weighted by molar-refractivity contribution is 6.39. The molecule has 6 nitrogen and oxygen atoms in total. The van der Waals surface area contributed by atoms with Gasteiger partial charge >= 0.3 is 6.03 Å². The molecule has 1 fully saturated rings. The molecule has 0 radical (unpaired) electrons. The van der Waals surface area contributed by atoms with Gasteiger partial charge in [0.05, 0.1) is 5.69 Å². The molecule has 0 spiro atoms. The molecule has 4 rings (SSSR count). The minimum atomic E-state index is -0.743. The fourth-order valence-electron chi connectivity index (χ4n) is 3.54. The van der Waals surface area contributed by atoms with Crippen LogP contribution in [0.15, 0.2) is 54.1 Å². The summed E-state index contributed by atoms with van der Waals surface area (Å²) in [5, 5.41) is 3.21. The summed E-state index contributed by atoms with van der Waals surface area (Å²) in [7, 11) is 1.94. The van der Waals surface area contributed by atoms with Crippen molar-refractivity contribution in [3.05, 3.63) is 70.9 Å². The summed E-state index contributed by atoms with van der Waals surface area (Å²) in [4.78, 5) is 38.9. The van der Waals surface area contributed by atoms with Gasteiger partial charge in [-0.3, -0.25) is 14.9 Å². The number of aromatic nitrogens is 1.